The lowest BCUT2D eigenvalue weighted by Crippen LogP contribution is -2.35. The maximum absolute atomic E-state index is 11.1. The maximum Gasteiger partial charge on any atom is 0.335 e. The summed E-state index contributed by atoms with van der Waals surface area (Å²) in [7, 11) is 0. The first-order valence-electron chi connectivity index (χ1n) is 7.96. The number of hydrogen-bond acceptors (Lipinski definition) is 5. The Morgan fingerprint density at radius 3 is 1.78 bits per heavy atom. The molecule has 2 unspecified atom stereocenters. The minimum absolute atomic E-state index is 0.172. The number of benzene rings is 1. The number of carbonyl (C=O) groups is 2. The van der Waals surface area contributed by atoms with Gasteiger partial charge in [-0.3, -0.25) is 4.79 Å². The van der Waals surface area contributed by atoms with Crippen molar-refractivity contribution in [1.82, 2.24) is 0 Å². The van der Waals surface area contributed by atoms with Crippen LogP contribution < -0.4 is 0 Å². The van der Waals surface area contributed by atoms with Gasteiger partial charge in [-0.25, -0.2) is 4.79 Å². The van der Waals surface area contributed by atoms with Gasteiger partial charge >= 0.3 is 11.9 Å². The molecule has 0 aromatic heterocycles. The summed E-state index contributed by atoms with van der Waals surface area (Å²) in [4.78, 5) is 22.1. The topological polar surface area (TPSA) is 72.8 Å². The van der Waals surface area contributed by atoms with E-state index in [1.54, 1.807) is 13.8 Å². The van der Waals surface area contributed by atoms with Crippen LogP contribution in [0.2, 0.25) is 0 Å². The van der Waals surface area contributed by atoms with Crippen LogP contribution in [0.3, 0.4) is 0 Å². The molecule has 0 saturated heterocycles. The van der Waals surface area contributed by atoms with Crippen LogP contribution in [0.25, 0.3) is 0 Å². The number of rotatable bonds is 5. The number of carbonyl (C=O) groups excluding carboxylic acids is 2. The second kappa shape index (κ2) is 15.0. The summed E-state index contributed by atoms with van der Waals surface area (Å²) in [6, 6.07) is 10.3. The van der Waals surface area contributed by atoms with Crippen molar-refractivity contribution < 1.29 is 24.2 Å². The lowest BCUT2D eigenvalue weighted by Gasteiger charge is -2.15. The minimum atomic E-state index is -1.45. The van der Waals surface area contributed by atoms with Crippen LogP contribution in [-0.4, -0.2) is 36.4 Å². The second-order valence-corrected chi connectivity index (χ2v) is 4.39. The molecule has 0 radical (unpaired) electrons. The zero-order valence-corrected chi connectivity index (χ0v) is 15.0. The summed E-state index contributed by atoms with van der Waals surface area (Å²) < 4.78 is 9.20. The third-order valence-electron chi connectivity index (χ3n) is 2.60. The molecule has 0 fully saturated rings. The van der Waals surface area contributed by atoms with Crippen LogP contribution >= 0.6 is 0 Å². The fourth-order valence-corrected chi connectivity index (χ4v) is 1.37. The van der Waals surface area contributed by atoms with Crippen molar-refractivity contribution in [3.05, 3.63) is 35.9 Å². The molecule has 0 aliphatic heterocycles. The summed E-state index contributed by atoms with van der Waals surface area (Å²) in [6.45, 7) is 11.2. The average Bonchev–Trinajstić information content (AvgIpc) is 2.57. The zero-order valence-electron chi connectivity index (χ0n) is 15.0. The van der Waals surface area contributed by atoms with Gasteiger partial charge in [0.1, 0.15) is 0 Å². The van der Waals surface area contributed by atoms with E-state index in [2.05, 4.69) is 28.5 Å². The number of esters is 2. The highest BCUT2D eigenvalue weighted by Crippen LogP contribution is 2.07. The van der Waals surface area contributed by atoms with E-state index in [4.69, 9.17) is 0 Å². The second-order valence-electron chi connectivity index (χ2n) is 4.39. The SMILES string of the molecule is CC.CCOC(=O)C(C)C(O)C(=O)OCC.Cc1ccccc1. The standard InChI is InChI=1S/C9H16O5.C7H8.C2H6/c1-4-13-8(11)6(3)7(10)9(12)14-5-2;1-7-5-3-2-4-6-7;1-2/h6-7,10H,4-5H2,1-3H3;2-6H,1H3;1-2H3. The van der Waals surface area contributed by atoms with Crippen molar-refractivity contribution in [2.75, 3.05) is 13.2 Å². The van der Waals surface area contributed by atoms with Gasteiger partial charge in [0.25, 0.3) is 0 Å². The Bertz CT molecular complexity index is 395. The van der Waals surface area contributed by atoms with Gasteiger partial charge in [0, 0.05) is 0 Å². The highest BCUT2D eigenvalue weighted by atomic mass is 16.6. The Hall–Kier alpha value is -1.88. The molecule has 1 N–H and O–H groups in total. The smallest absolute Gasteiger partial charge is 0.335 e. The van der Waals surface area contributed by atoms with E-state index in [-0.39, 0.29) is 13.2 Å². The first-order valence-corrected chi connectivity index (χ1v) is 7.96. The number of aliphatic hydroxyl groups excluding tert-OH is 1. The monoisotopic (exact) mass is 326 g/mol. The number of hydrogen-bond donors (Lipinski definition) is 1. The predicted octanol–water partition coefficient (Wildman–Crippen LogP) is 3.13. The summed E-state index contributed by atoms with van der Waals surface area (Å²) in [5.41, 5.74) is 1.32. The zero-order chi connectivity index (χ0) is 18.3. The molecule has 0 heterocycles. The van der Waals surface area contributed by atoms with E-state index in [1.807, 2.05) is 32.0 Å². The van der Waals surface area contributed by atoms with Gasteiger partial charge in [-0.15, -0.1) is 0 Å². The van der Waals surface area contributed by atoms with Crippen LogP contribution in [0.1, 0.15) is 40.2 Å². The Kier molecular flexibility index (Phi) is 15.3. The average molecular weight is 326 g/mol. The van der Waals surface area contributed by atoms with E-state index in [9.17, 15) is 14.7 Å². The van der Waals surface area contributed by atoms with Gasteiger partial charge in [0.05, 0.1) is 19.1 Å². The highest BCUT2D eigenvalue weighted by molar-refractivity contribution is 5.83. The molecule has 5 heteroatoms. The fraction of sp³-hybridized carbons (Fsp3) is 0.556. The van der Waals surface area contributed by atoms with Gasteiger partial charge in [0.2, 0.25) is 0 Å². The minimum Gasteiger partial charge on any atom is -0.466 e. The molecule has 0 bridgehead atoms. The van der Waals surface area contributed by atoms with Gasteiger partial charge in [-0.2, -0.15) is 0 Å². The molecular weight excluding hydrogens is 296 g/mol. The van der Waals surface area contributed by atoms with Crippen molar-refractivity contribution in [2.45, 2.75) is 47.6 Å². The maximum atomic E-state index is 11.1. The van der Waals surface area contributed by atoms with Crippen molar-refractivity contribution in [1.29, 1.82) is 0 Å². The first kappa shape index (κ1) is 23.4. The van der Waals surface area contributed by atoms with Crippen molar-refractivity contribution in [3.63, 3.8) is 0 Å². The van der Waals surface area contributed by atoms with Crippen LogP contribution in [0, 0.1) is 12.8 Å². The lowest BCUT2D eigenvalue weighted by atomic mass is 10.1. The molecule has 132 valence electrons. The molecule has 5 nitrogen and oxygen atoms in total. The Morgan fingerprint density at radius 2 is 1.43 bits per heavy atom. The molecule has 0 aliphatic rings. The normalized spacial score (nSPS) is 11.6. The van der Waals surface area contributed by atoms with Crippen molar-refractivity contribution in [3.8, 4) is 0 Å². The van der Waals surface area contributed by atoms with Gasteiger partial charge in [-0.1, -0.05) is 49.7 Å². The van der Waals surface area contributed by atoms with Crippen LogP contribution in [0.4, 0.5) is 0 Å². The molecule has 0 spiro atoms. The summed E-state index contributed by atoms with van der Waals surface area (Å²) in [6.07, 6.45) is -1.45. The van der Waals surface area contributed by atoms with Gasteiger partial charge < -0.3 is 14.6 Å². The third-order valence-corrected chi connectivity index (χ3v) is 2.60. The molecule has 0 saturated carbocycles. The quantitative estimate of drug-likeness (QED) is 0.842. The summed E-state index contributed by atoms with van der Waals surface area (Å²) >= 11 is 0. The van der Waals surface area contributed by atoms with Crippen molar-refractivity contribution in [2.24, 2.45) is 5.92 Å². The molecule has 1 rings (SSSR count). The summed E-state index contributed by atoms with van der Waals surface area (Å²) in [5.74, 6) is -2.30. The van der Waals surface area contributed by atoms with Gasteiger partial charge in [0.15, 0.2) is 6.10 Å². The summed E-state index contributed by atoms with van der Waals surface area (Å²) in [5, 5.41) is 9.34. The Labute approximate surface area is 139 Å². The molecule has 1 aromatic rings. The predicted molar refractivity (Wildman–Crippen MR) is 91.0 cm³/mol. The molecule has 0 aliphatic carbocycles. The number of aryl methyl sites for hydroxylation is 1. The molecule has 2 atom stereocenters. The van der Waals surface area contributed by atoms with Crippen LogP contribution in [0.5, 0.6) is 0 Å². The van der Waals surface area contributed by atoms with E-state index < -0.39 is 24.0 Å². The number of aliphatic hydroxyl groups is 1. The third kappa shape index (κ3) is 11.4. The molecule has 1 aromatic carbocycles. The van der Waals surface area contributed by atoms with Crippen LogP contribution in [-0.2, 0) is 19.1 Å². The van der Waals surface area contributed by atoms with E-state index in [1.165, 1.54) is 12.5 Å². The molecular formula is C18H30O5. The highest BCUT2D eigenvalue weighted by Gasteiger charge is 2.30. The lowest BCUT2D eigenvalue weighted by molar-refractivity contribution is -0.165. The molecule has 23 heavy (non-hydrogen) atoms. The van der Waals surface area contributed by atoms with Crippen LogP contribution in [0.15, 0.2) is 30.3 Å². The Morgan fingerprint density at radius 1 is 1.00 bits per heavy atom. The Balaban J connectivity index is 0. The van der Waals surface area contributed by atoms with E-state index >= 15 is 0 Å². The van der Waals surface area contributed by atoms with E-state index in [0.29, 0.717) is 0 Å². The number of ether oxygens (including phenoxy) is 2. The van der Waals surface area contributed by atoms with Gasteiger partial charge in [-0.05, 0) is 27.7 Å². The molecule has 0 amide bonds. The van der Waals surface area contributed by atoms with Crippen molar-refractivity contribution >= 4 is 11.9 Å². The first-order chi connectivity index (χ1) is 10.9. The fourth-order valence-electron chi connectivity index (χ4n) is 1.37. The largest absolute Gasteiger partial charge is 0.466 e. The van der Waals surface area contributed by atoms with E-state index in [0.717, 1.165) is 0 Å².